The summed E-state index contributed by atoms with van der Waals surface area (Å²) >= 11 is 0. The van der Waals surface area contributed by atoms with E-state index in [9.17, 15) is 4.79 Å². The lowest BCUT2D eigenvalue weighted by molar-refractivity contribution is -0.132. The normalized spacial score (nSPS) is 16.9. The van der Waals surface area contributed by atoms with Crippen LogP contribution in [0.1, 0.15) is 25.2 Å². The predicted octanol–water partition coefficient (Wildman–Crippen LogP) is 2.56. The molecule has 1 saturated heterocycles. The van der Waals surface area contributed by atoms with E-state index in [0.29, 0.717) is 24.6 Å². The van der Waals surface area contributed by atoms with Gasteiger partial charge in [-0.2, -0.15) is 10.1 Å². The standard InChI is InChI=1S/C19H21N5O2/c25-18(24-13-4-8-16(24)14-23-12-5-11-20-23)10-9-17-21-19(22-26-17)15-6-2-1-3-7-15/h1-3,5-7,11-12,16H,4,8-10,13-14H2/t16-/m1/s1. The Balaban J connectivity index is 1.34. The molecule has 0 spiro atoms. The summed E-state index contributed by atoms with van der Waals surface area (Å²) < 4.78 is 7.19. The van der Waals surface area contributed by atoms with Gasteiger partial charge in [0, 0.05) is 37.3 Å². The molecule has 1 aliphatic rings. The van der Waals surface area contributed by atoms with Crippen LogP contribution in [0.4, 0.5) is 0 Å². The number of aromatic nitrogens is 4. The zero-order valence-corrected chi connectivity index (χ0v) is 14.5. The smallest absolute Gasteiger partial charge is 0.227 e. The zero-order chi connectivity index (χ0) is 17.8. The van der Waals surface area contributed by atoms with Crippen LogP contribution in [0.5, 0.6) is 0 Å². The lowest BCUT2D eigenvalue weighted by Gasteiger charge is -2.24. The molecule has 4 rings (SSSR count). The van der Waals surface area contributed by atoms with E-state index in [4.69, 9.17) is 4.52 Å². The van der Waals surface area contributed by atoms with Crippen LogP contribution in [0.2, 0.25) is 0 Å². The maximum absolute atomic E-state index is 12.6. The Labute approximate surface area is 151 Å². The van der Waals surface area contributed by atoms with E-state index in [-0.39, 0.29) is 11.9 Å². The predicted molar refractivity (Wildman–Crippen MR) is 95.0 cm³/mol. The molecule has 2 aromatic heterocycles. The summed E-state index contributed by atoms with van der Waals surface area (Å²) in [5.41, 5.74) is 0.910. The topological polar surface area (TPSA) is 77.0 Å². The van der Waals surface area contributed by atoms with Gasteiger partial charge in [-0.1, -0.05) is 35.5 Å². The molecule has 1 amide bonds. The van der Waals surface area contributed by atoms with Gasteiger partial charge in [0.2, 0.25) is 17.6 Å². The second-order valence-electron chi connectivity index (χ2n) is 6.49. The molecule has 0 bridgehead atoms. The van der Waals surface area contributed by atoms with Crippen molar-refractivity contribution in [1.82, 2.24) is 24.8 Å². The van der Waals surface area contributed by atoms with E-state index in [0.717, 1.165) is 31.5 Å². The van der Waals surface area contributed by atoms with E-state index >= 15 is 0 Å². The molecule has 7 nitrogen and oxygen atoms in total. The Bertz CT molecular complexity index is 844. The summed E-state index contributed by atoms with van der Waals surface area (Å²) in [5.74, 6) is 1.20. The lowest BCUT2D eigenvalue weighted by atomic mass is 10.2. The van der Waals surface area contributed by atoms with Gasteiger partial charge in [-0.3, -0.25) is 9.48 Å². The van der Waals surface area contributed by atoms with Gasteiger partial charge < -0.3 is 9.42 Å². The van der Waals surface area contributed by atoms with Crippen molar-refractivity contribution < 1.29 is 9.32 Å². The van der Waals surface area contributed by atoms with Crippen LogP contribution in [-0.4, -0.2) is 43.3 Å². The number of carbonyl (C=O) groups excluding carboxylic acids is 1. The molecule has 0 radical (unpaired) electrons. The second kappa shape index (κ2) is 7.51. The van der Waals surface area contributed by atoms with Crippen LogP contribution in [0.3, 0.4) is 0 Å². The van der Waals surface area contributed by atoms with E-state index in [2.05, 4.69) is 15.2 Å². The molecule has 1 fully saturated rings. The van der Waals surface area contributed by atoms with Crippen molar-refractivity contribution in [2.75, 3.05) is 6.54 Å². The minimum Gasteiger partial charge on any atom is -0.339 e. The molecule has 0 saturated carbocycles. The third-order valence-corrected chi connectivity index (χ3v) is 4.71. The van der Waals surface area contributed by atoms with Crippen LogP contribution in [0.15, 0.2) is 53.3 Å². The van der Waals surface area contributed by atoms with Crippen molar-refractivity contribution in [1.29, 1.82) is 0 Å². The van der Waals surface area contributed by atoms with E-state index < -0.39 is 0 Å². The Morgan fingerprint density at radius 3 is 2.92 bits per heavy atom. The quantitative estimate of drug-likeness (QED) is 0.682. The van der Waals surface area contributed by atoms with Crippen molar-refractivity contribution in [2.24, 2.45) is 0 Å². The highest BCUT2D eigenvalue weighted by molar-refractivity contribution is 5.77. The summed E-state index contributed by atoms with van der Waals surface area (Å²) in [7, 11) is 0. The minimum atomic E-state index is 0.138. The molecular weight excluding hydrogens is 330 g/mol. The fourth-order valence-corrected chi connectivity index (χ4v) is 3.40. The van der Waals surface area contributed by atoms with E-state index in [1.54, 1.807) is 6.20 Å². The van der Waals surface area contributed by atoms with Crippen LogP contribution < -0.4 is 0 Å². The highest BCUT2D eigenvalue weighted by Gasteiger charge is 2.29. The highest BCUT2D eigenvalue weighted by Crippen LogP contribution is 2.21. The summed E-state index contributed by atoms with van der Waals surface area (Å²) in [6.07, 6.45) is 6.60. The van der Waals surface area contributed by atoms with Crippen LogP contribution >= 0.6 is 0 Å². The van der Waals surface area contributed by atoms with Crippen LogP contribution in [0, 0.1) is 0 Å². The minimum absolute atomic E-state index is 0.138. The molecule has 134 valence electrons. The molecule has 3 heterocycles. The first-order valence-electron chi connectivity index (χ1n) is 8.94. The van der Waals surface area contributed by atoms with Crippen molar-refractivity contribution in [3.8, 4) is 11.4 Å². The summed E-state index contributed by atoms with van der Waals surface area (Å²) in [6.45, 7) is 1.56. The van der Waals surface area contributed by atoms with Gasteiger partial charge in [-0.25, -0.2) is 0 Å². The van der Waals surface area contributed by atoms with Crippen molar-refractivity contribution in [3.63, 3.8) is 0 Å². The largest absolute Gasteiger partial charge is 0.339 e. The summed E-state index contributed by atoms with van der Waals surface area (Å²) in [6, 6.07) is 11.8. The average molecular weight is 351 g/mol. The molecule has 3 aromatic rings. The highest BCUT2D eigenvalue weighted by atomic mass is 16.5. The van der Waals surface area contributed by atoms with E-state index in [1.807, 2.05) is 52.2 Å². The fourth-order valence-electron chi connectivity index (χ4n) is 3.40. The van der Waals surface area contributed by atoms with Crippen LogP contribution in [-0.2, 0) is 17.8 Å². The third-order valence-electron chi connectivity index (χ3n) is 4.71. The SMILES string of the molecule is O=C(CCc1nc(-c2ccccc2)no1)N1CCC[C@@H]1Cn1cccn1. The number of hydrogen-bond acceptors (Lipinski definition) is 5. The van der Waals surface area contributed by atoms with Crippen LogP contribution in [0.25, 0.3) is 11.4 Å². The monoisotopic (exact) mass is 351 g/mol. The maximum atomic E-state index is 12.6. The number of nitrogens with zero attached hydrogens (tertiary/aromatic N) is 5. The van der Waals surface area contributed by atoms with Crippen molar-refractivity contribution in [3.05, 3.63) is 54.7 Å². The lowest BCUT2D eigenvalue weighted by Crippen LogP contribution is -2.38. The Morgan fingerprint density at radius 1 is 1.23 bits per heavy atom. The van der Waals surface area contributed by atoms with Gasteiger partial charge in [0.05, 0.1) is 12.6 Å². The second-order valence-corrected chi connectivity index (χ2v) is 6.49. The number of amides is 1. The first kappa shape index (κ1) is 16.5. The number of likely N-dealkylation sites (tertiary alicyclic amines) is 1. The number of hydrogen-bond donors (Lipinski definition) is 0. The molecular formula is C19H21N5O2. The van der Waals surface area contributed by atoms with Gasteiger partial charge in [0.1, 0.15) is 0 Å². The Hall–Kier alpha value is -2.96. The van der Waals surface area contributed by atoms with Gasteiger partial charge >= 0.3 is 0 Å². The Kier molecular flexibility index (Phi) is 4.77. The van der Waals surface area contributed by atoms with Gasteiger partial charge in [0.25, 0.3) is 0 Å². The zero-order valence-electron chi connectivity index (χ0n) is 14.5. The molecule has 7 heteroatoms. The molecule has 0 unspecified atom stereocenters. The van der Waals surface area contributed by atoms with Gasteiger partial charge in [0.15, 0.2) is 0 Å². The number of aryl methyl sites for hydroxylation is 1. The molecule has 0 aliphatic carbocycles. The first-order chi connectivity index (χ1) is 12.8. The molecule has 1 atom stereocenters. The van der Waals surface area contributed by atoms with Crippen molar-refractivity contribution >= 4 is 5.91 Å². The fraction of sp³-hybridized carbons (Fsp3) is 0.368. The molecule has 26 heavy (non-hydrogen) atoms. The summed E-state index contributed by atoms with van der Waals surface area (Å²) in [4.78, 5) is 19.0. The van der Waals surface area contributed by atoms with Gasteiger partial charge in [-0.05, 0) is 18.9 Å². The molecule has 1 aliphatic heterocycles. The number of carbonyl (C=O) groups is 1. The van der Waals surface area contributed by atoms with E-state index in [1.165, 1.54) is 0 Å². The molecule has 1 aromatic carbocycles. The summed E-state index contributed by atoms with van der Waals surface area (Å²) in [5, 5.41) is 8.25. The molecule has 0 N–H and O–H groups in total. The number of benzene rings is 1. The Morgan fingerprint density at radius 2 is 2.12 bits per heavy atom. The number of rotatable bonds is 6. The maximum Gasteiger partial charge on any atom is 0.227 e. The van der Waals surface area contributed by atoms with Crippen molar-refractivity contribution in [2.45, 2.75) is 38.3 Å². The third kappa shape index (κ3) is 3.66. The first-order valence-corrected chi connectivity index (χ1v) is 8.94. The van der Waals surface area contributed by atoms with Gasteiger partial charge in [-0.15, -0.1) is 0 Å². The average Bonchev–Trinajstić information content (AvgIpc) is 3.43.